The Balaban J connectivity index is 1.93. The number of likely N-dealkylation sites (N-methyl/N-ethyl adjacent to an activating group) is 1. The van der Waals surface area contributed by atoms with Gasteiger partial charge in [0.1, 0.15) is 17.1 Å². The van der Waals surface area contributed by atoms with E-state index in [9.17, 15) is 4.79 Å². The first kappa shape index (κ1) is 14.1. The van der Waals surface area contributed by atoms with Crippen LogP contribution in [0.2, 0.25) is 0 Å². The number of ether oxygens (including phenoxy) is 1. The number of nitrogens with one attached hydrogen (secondary N) is 1. The highest BCUT2D eigenvalue weighted by Crippen LogP contribution is 2.17. The molecule has 2 heterocycles. The molecule has 19 heavy (non-hydrogen) atoms. The highest BCUT2D eigenvalue weighted by atomic mass is 16.5. The molecule has 2 rings (SSSR count). The van der Waals surface area contributed by atoms with Gasteiger partial charge in [0.25, 0.3) is 0 Å². The Morgan fingerprint density at radius 3 is 3.05 bits per heavy atom. The Hall–Kier alpha value is -1.33. The van der Waals surface area contributed by atoms with Gasteiger partial charge in [0.05, 0.1) is 13.7 Å². The summed E-state index contributed by atoms with van der Waals surface area (Å²) in [6.45, 7) is 4.60. The molecule has 1 atom stereocenters. The van der Waals surface area contributed by atoms with Gasteiger partial charge in [0, 0.05) is 12.6 Å². The third-order valence-electron chi connectivity index (χ3n) is 3.49. The summed E-state index contributed by atoms with van der Waals surface area (Å²) in [5, 5.41) is 3.47. The monoisotopic (exact) mass is 266 g/mol. The van der Waals surface area contributed by atoms with E-state index in [1.54, 1.807) is 13.0 Å². The number of hydrogen-bond acceptors (Lipinski definition) is 5. The van der Waals surface area contributed by atoms with E-state index in [0.29, 0.717) is 23.9 Å². The normalized spacial score (nSPS) is 19.1. The third kappa shape index (κ3) is 3.58. The molecule has 1 aliphatic rings. The molecule has 0 aliphatic carbocycles. The summed E-state index contributed by atoms with van der Waals surface area (Å²) >= 11 is 0. The van der Waals surface area contributed by atoms with Crippen molar-refractivity contribution in [3.8, 4) is 0 Å². The molecule has 1 aromatic heterocycles. The van der Waals surface area contributed by atoms with Crippen molar-refractivity contribution in [2.24, 2.45) is 0 Å². The maximum atomic E-state index is 11.5. The number of rotatable bonds is 5. The zero-order valence-corrected chi connectivity index (χ0v) is 11.9. The lowest BCUT2D eigenvalue weighted by molar-refractivity contribution is 0.0599. The average molecular weight is 266 g/mol. The second-order valence-electron chi connectivity index (χ2n) is 5.16. The number of hydrogen-bond donors (Lipinski definition) is 1. The van der Waals surface area contributed by atoms with E-state index in [0.717, 1.165) is 18.8 Å². The quantitative estimate of drug-likeness (QED) is 0.820. The number of carbonyl (C=O) groups is 1. The summed E-state index contributed by atoms with van der Waals surface area (Å²) in [5.74, 6) is 1.08. The van der Waals surface area contributed by atoms with Crippen LogP contribution in [0.4, 0.5) is 0 Å². The molecule has 106 valence electrons. The van der Waals surface area contributed by atoms with Gasteiger partial charge < -0.3 is 14.5 Å². The Labute approximate surface area is 113 Å². The van der Waals surface area contributed by atoms with Gasteiger partial charge in [-0.1, -0.05) is 0 Å². The Morgan fingerprint density at radius 1 is 1.63 bits per heavy atom. The van der Waals surface area contributed by atoms with Gasteiger partial charge in [0.15, 0.2) is 0 Å². The fourth-order valence-corrected chi connectivity index (χ4v) is 2.55. The number of esters is 1. The van der Waals surface area contributed by atoms with E-state index in [2.05, 4.69) is 17.3 Å². The van der Waals surface area contributed by atoms with Gasteiger partial charge in [-0.15, -0.1) is 0 Å². The summed E-state index contributed by atoms with van der Waals surface area (Å²) in [6.07, 6.45) is 2.49. The van der Waals surface area contributed by atoms with Crippen LogP contribution in [-0.4, -0.2) is 44.2 Å². The van der Waals surface area contributed by atoms with E-state index < -0.39 is 0 Å². The first-order valence-electron chi connectivity index (χ1n) is 6.69. The average Bonchev–Trinajstić information content (AvgIpc) is 2.98. The number of nitrogens with zero attached hydrogens (tertiary/aromatic N) is 1. The fourth-order valence-electron chi connectivity index (χ4n) is 2.55. The molecule has 1 unspecified atom stereocenters. The molecule has 1 aromatic rings. The Kier molecular flexibility index (Phi) is 4.61. The van der Waals surface area contributed by atoms with Crippen molar-refractivity contribution < 1.29 is 13.9 Å². The smallest absolute Gasteiger partial charge is 0.341 e. The topological polar surface area (TPSA) is 54.7 Å². The van der Waals surface area contributed by atoms with Crippen LogP contribution in [0.15, 0.2) is 10.5 Å². The molecule has 1 aliphatic heterocycles. The van der Waals surface area contributed by atoms with Gasteiger partial charge in [-0.3, -0.25) is 4.90 Å². The molecule has 0 bridgehead atoms. The minimum Gasteiger partial charge on any atom is -0.465 e. The predicted molar refractivity (Wildman–Crippen MR) is 72.1 cm³/mol. The second-order valence-corrected chi connectivity index (χ2v) is 5.16. The van der Waals surface area contributed by atoms with Gasteiger partial charge in [-0.25, -0.2) is 4.79 Å². The van der Waals surface area contributed by atoms with Crippen LogP contribution >= 0.6 is 0 Å². The summed E-state index contributed by atoms with van der Waals surface area (Å²) in [5.41, 5.74) is 0.518. The van der Waals surface area contributed by atoms with Gasteiger partial charge in [-0.2, -0.15) is 0 Å². The highest BCUT2D eigenvalue weighted by molar-refractivity contribution is 5.90. The lowest BCUT2D eigenvalue weighted by atomic mass is 10.2. The molecule has 5 heteroatoms. The minimum atomic E-state index is -0.340. The lowest BCUT2D eigenvalue weighted by Crippen LogP contribution is -2.34. The third-order valence-corrected chi connectivity index (χ3v) is 3.49. The molecular formula is C14H22N2O3. The number of aryl methyl sites for hydroxylation is 1. The van der Waals surface area contributed by atoms with Crippen LogP contribution in [0, 0.1) is 6.92 Å². The Bertz CT molecular complexity index is 436. The van der Waals surface area contributed by atoms with Crippen molar-refractivity contribution in [3.05, 3.63) is 23.2 Å². The zero-order valence-electron chi connectivity index (χ0n) is 11.9. The van der Waals surface area contributed by atoms with Crippen LogP contribution in [-0.2, 0) is 11.3 Å². The molecule has 1 fully saturated rings. The van der Waals surface area contributed by atoms with Crippen LogP contribution in [0.5, 0.6) is 0 Å². The Morgan fingerprint density at radius 2 is 2.42 bits per heavy atom. The number of carbonyl (C=O) groups excluding carboxylic acids is 1. The summed E-state index contributed by atoms with van der Waals surface area (Å²) in [7, 11) is 3.45. The van der Waals surface area contributed by atoms with Crippen LogP contribution in [0.3, 0.4) is 0 Å². The van der Waals surface area contributed by atoms with Crippen molar-refractivity contribution in [2.45, 2.75) is 32.4 Å². The van der Waals surface area contributed by atoms with Crippen molar-refractivity contribution in [2.75, 3.05) is 27.2 Å². The standard InChI is InChI=1S/C14H22N2O3/c1-10-13(14(17)18-3)7-12(19-10)9-16(2)8-11-5-4-6-15-11/h7,11,15H,4-6,8-9H2,1-3H3. The first-order valence-corrected chi connectivity index (χ1v) is 6.69. The van der Waals surface area contributed by atoms with E-state index in [-0.39, 0.29) is 5.97 Å². The van der Waals surface area contributed by atoms with Crippen molar-refractivity contribution >= 4 is 5.97 Å². The van der Waals surface area contributed by atoms with Crippen molar-refractivity contribution in [1.82, 2.24) is 10.2 Å². The second kappa shape index (κ2) is 6.21. The van der Waals surface area contributed by atoms with Crippen LogP contribution < -0.4 is 5.32 Å². The van der Waals surface area contributed by atoms with Crippen LogP contribution in [0.1, 0.15) is 34.7 Å². The van der Waals surface area contributed by atoms with E-state index in [1.807, 2.05) is 0 Å². The molecule has 1 N–H and O–H groups in total. The SMILES string of the molecule is COC(=O)c1cc(CN(C)CC2CCCN2)oc1C. The summed E-state index contributed by atoms with van der Waals surface area (Å²) in [6, 6.07) is 2.35. The molecular weight excluding hydrogens is 244 g/mol. The maximum Gasteiger partial charge on any atom is 0.341 e. The predicted octanol–water partition coefficient (Wildman–Crippen LogP) is 1.56. The maximum absolute atomic E-state index is 11.5. The van der Waals surface area contributed by atoms with E-state index in [4.69, 9.17) is 9.15 Å². The number of methoxy groups -OCH3 is 1. The van der Waals surface area contributed by atoms with Crippen molar-refractivity contribution in [1.29, 1.82) is 0 Å². The lowest BCUT2D eigenvalue weighted by Gasteiger charge is -2.19. The van der Waals surface area contributed by atoms with Crippen molar-refractivity contribution in [3.63, 3.8) is 0 Å². The zero-order chi connectivity index (χ0) is 13.8. The van der Waals surface area contributed by atoms with E-state index >= 15 is 0 Å². The minimum absolute atomic E-state index is 0.340. The molecule has 0 radical (unpaired) electrons. The summed E-state index contributed by atoms with van der Waals surface area (Å²) in [4.78, 5) is 13.7. The van der Waals surface area contributed by atoms with Gasteiger partial charge in [-0.05, 0) is 39.4 Å². The molecule has 0 aromatic carbocycles. The largest absolute Gasteiger partial charge is 0.465 e. The van der Waals surface area contributed by atoms with E-state index in [1.165, 1.54) is 20.0 Å². The molecule has 0 amide bonds. The molecule has 1 saturated heterocycles. The fraction of sp³-hybridized carbons (Fsp3) is 0.643. The molecule has 5 nitrogen and oxygen atoms in total. The van der Waals surface area contributed by atoms with Gasteiger partial charge in [0.2, 0.25) is 0 Å². The summed E-state index contributed by atoms with van der Waals surface area (Å²) < 4.78 is 10.3. The molecule has 0 saturated carbocycles. The van der Waals surface area contributed by atoms with Crippen LogP contribution in [0.25, 0.3) is 0 Å². The number of furan rings is 1. The molecule has 0 spiro atoms. The first-order chi connectivity index (χ1) is 9.10. The highest BCUT2D eigenvalue weighted by Gasteiger charge is 2.19. The van der Waals surface area contributed by atoms with Gasteiger partial charge >= 0.3 is 5.97 Å².